The molecule has 3 rings (SSSR count). The highest BCUT2D eigenvalue weighted by molar-refractivity contribution is 6.05. The van der Waals surface area contributed by atoms with Gasteiger partial charge in [-0.1, -0.05) is 0 Å². The number of rotatable bonds is 4. The van der Waals surface area contributed by atoms with Crippen LogP contribution in [-0.2, 0) is 0 Å². The monoisotopic (exact) mass is 396 g/mol. The molecule has 0 bridgehead atoms. The lowest BCUT2D eigenvalue weighted by molar-refractivity contribution is -0.383. The average Bonchev–Trinajstić information content (AvgIpc) is 2.69. The third kappa shape index (κ3) is 4.37. The van der Waals surface area contributed by atoms with Crippen LogP contribution in [0.2, 0.25) is 0 Å². The Kier molecular flexibility index (Phi) is 5.81. The van der Waals surface area contributed by atoms with Crippen LogP contribution in [-0.4, -0.2) is 34.2 Å². The van der Waals surface area contributed by atoms with E-state index in [-0.39, 0.29) is 28.9 Å². The molecule has 29 heavy (non-hydrogen) atoms. The number of carbonyl (C=O) groups excluding carboxylic acids is 2. The highest BCUT2D eigenvalue weighted by Crippen LogP contribution is 2.25. The predicted molar refractivity (Wildman–Crippen MR) is 111 cm³/mol. The largest absolute Gasteiger partial charge is 0.393 e. The summed E-state index contributed by atoms with van der Waals surface area (Å²) in [5.41, 5.74) is 7.25. The van der Waals surface area contributed by atoms with E-state index < -0.39 is 10.8 Å². The van der Waals surface area contributed by atoms with Gasteiger partial charge in [-0.15, -0.1) is 0 Å². The Hall–Kier alpha value is -3.42. The van der Waals surface area contributed by atoms with Crippen LogP contribution >= 0.6 is 0 Å². The van der Waals surface area contributed by atoms with Crippen molar-refractivity contribution in [2.75, 3.05) is 17.6 Å². The van der Waals surface area contributed by atoms with Crippen LogP contribution in [0.15, 0.2) is 36.4 Å². The summed E-state index contributed by atoms with van der Waals surface area (Å²) in [6.45, 7) is 4.62. The molecule has 1 aliphatic rings. The van der Waals surface area contributed by atoms with Crippen molar-refractivity contribution in [2.24, 2.45) is 0 Å². The van der Waals surface area contributed by atoms with E-state index in [9.17, 15) is 19.7 Å². The van der Waals surface area contributed by atoms with Crippen molar-refractivity contribution in [2.45, 2.75) is 39.2 Å². The summed E-state index contributed by atoms with van der Waals surface area (Å²) < 4.78 is 0. The van der Waals surface area contributed by atoms with Crippen molar-refractivity contribution in [1.29, 1.82) is 0 Å². The molecule has 8 heteroatoms. The molecule has 1 heterocycles. The molecule has 8 nitrogen and oxygen atoms in total. The smallest absolute Gasteiger partial charge is 0.292 e. The van der Waals surface area contributed by atoms with Crippen molar-refractivity contribution < 1.29 is 14.5 Å². The van der Waals surface area contributed by atoms with Gasteiger partial charge in [0, 0.05) is 35.5 Å². The van der Waals surface area contributed by atoms with Crippen LogP contribution in [0.1, 0.15) is 52.5 Å². The molecule has 2 aromatic rings. The van der Waals surface area contributed by atoms with Gasteiger partial charge in [0.1, 0.15) is 5.69 Å². The van der Waals surface area contributed by atoms with E-state index in [0.717, 1.165) is 37.4 Å². The highest BCUT2D eigenvalue weighted by atomic mass is 16.6. The summed E-state index contributed by atoms with van der Waals surface area (Å²) in [6.07, 6.45) is 3.15. The number of hydrogen-bond donors (Lipinski definition) is 2. The van der Waals surface area contributed by atoms with E-state index in [4.69, 9.17) is 5.73 Å². The number of carbonyl (C=O) groups is 2. The first-order chi connectivity index (χ1) is 13.8. The van der Waals surface area contributed by atoms with Crippen molar-refractivity contribution in [3.8, 4) is 0 Å². The zero-order valence-electron chi connectivity index (χ0n) is 16.5. The standard InChI is InChI=1S/C21H24N4O4/c1-13-11-16(21(27)24-10-4-3-5-14(24)2)7-9-18(13)23-20(26)15-6-8-17(22)19(12-15)25(28)29/h6-9,11-12,14H,3-5,10,22H2,1-2H3,(H,23,26). The minimum absolute atomic E-state index is 0.00228. The van der Waals surface area contributed by atoms with E-state index in [2.05, 4.69) is 12.2 Å². The number of nitrogens with two attached hydrogens (primary N) is 1. The second-order valence-corrected chi connectivity index (χ2v) is 7.36. The average molecular weight is 396 g/mol. The fourth-order valence-electron chi connectivity index (χ4n) is 3.54. The molecule has 1 saturated heterocycles. The molecule has 0 saturated carbocycles. The van der Waals surface area contributed by atoms with Gasteiger partial charge in [0.2, 0.25) is 0 Å². The van der Waals surface area contributed by atoms with Crippen LogP contribution in [0, 0.1) is 17.0 Å². The number of aryl methyl sites for hydroxylation is 1. The quantitative estimate of drug-likeness (QED) is 0.463. The number of benzene rings is 2. The van der Waals surface area contributed by atoms with E-state index in [1.807, 2.05) is 4.90 Å². The van der Waals surface area contributed by atoms with Gasteiger partial charge in [-0.3, -0.25) is 19.7 Å². The maximum Gasteiger partial charge on any atom is 0.292 e. The van der Waals surface area contributed by atoms with Gasteiger partial charge in [0.15, 0.2) is 0 Å². The number of likely N-dealkylation sites (tertiary alicyclic amines) is 1. The Labute approximate surface area is 168 Å². The molecule has 0 aliphatic carbocycles. The van der Waals surface area contributed by atoms with Crippen LogP contribution in [0.25, 0.3) is 0 Å². The first-order valence-corrected chi connectivity index (χ1v) is 9.55. The zero-order valence-corrected chi connectivity index (χ0v) is 16.5. The highest BCUT2D eigenvalue weighted by Gasteiger charge is 2.24. The third-order valence-electron chi connectivity index (χ3n) is 5.27. The minimum Gasteiger partial charge on any atom is -0.393 e. The van der Waals surface area contributed by atoms with Gasteiger partial charge in [-0.25, -0.2) is 0 Å². The molecule has 0 spiro atoms. The number of hydrogen-bond acceptors (Lipinski definition) is 5. The second-order valence-electron chi connectivity index (χ2n) is 7.36. The number of nitrogen functional groups attached to an aromatic ring is 1. The molecular formula is C21H24N4O4. The van der Waals surface area contributed by atoms with Crippen LogP contribution in [0.4, 0.5) is 17.1 Å². The molecule has 1 aliphatic heterocycles. The van der Waals surface area contributed by atoms with Crippen LogP contribution in [0.5, 0.6) is 0 Å². The summed E-state index contributed by atoms with van der Waals surface area (Å²) in [4.78, 5) is 37.6. The first-order valence-electron chi connectivity index (χ1n) is 9.55. The van der Waals surface area contributed by atoms with Crippen LogP contribution < -0.4 is 11.1 Å². The summed E-state index contributed by atoms with van der Waals surface area (Å²) in [5.74, 6) is -0.493. The maximum absolute atomic E-state index is 12.8. The number of nitrogens with zero attached hydrogens (tertiary/aromatic N) is 2. The molecule has 2 amide bonds. The summed E-state index contributed by atoms with van der Waals surface area (Å²) in [5, 5.41) is 13.8. The lowest BCUT2D eigenvalue weighted by atomic mass is 10.0. The number of nitro benzene ring substituents is 1. The summed E-state index contributed by atoms with van der Waals surface area (Å²) in [7, 11) is 0. The van der Waals surface area contributed by atoms with Gasteiger partial charge < -0.3 is 16.0 Å². The normalized spacial score (nSPS) is 16.3. The number of piperidine rings is 1. The fraction of sp³-hybridized carbons (Fsp3) is 0.333. The Bertz CT molecular complexity index is 973. The molecule has 152 valence electrons. The maximum atomic E-state index is 12.8. The van der Waals surface area contributed by atoms with Gasteiger partial charge in [0.05, 0.1) is 4.92 Å². The summed E-state index contributed by atoms with van der Waals surface area (Å²) in [6, 6.07) is 9.26. The van der Waals surface area contributed by atoms with Gasteiger partial charge in [0.25, 0.3) is 17.5 Å². The van der Waals surface area contributed by atoms with E-state index >= 15 is 0 Å². The first kappa shape index (κ1) is 20.3. The van der Waals surface area contributed by atoms with Crippen molar-refractivity contribution in [1.82, 2.24) is 4.90 Å². The zero-order chi connectivity index (χ0) is 21.1. The number of amides is 2. The molecule has 3 N–H and O–H groups in total. The predicted octanol–water partition coefficient (Wildman–Crippen LogP) is 3.75. The van der Waals surface area contributed by atoms with E-state index in [0.29, 0.717) is 11.3 Å². The van der Waals surface area contributed by atoms with Gasteiger partial charge in [-0.05, 0) is 69.0 Å². The lowest BCUT2D eigenvalue weighted by Crippen LogP contribution is -2.42. The van der Waals surface area contributed by atoms with Crippen molar-refractivity contribution in [3.05, 3.63) is 63.2 Å². The SMILES string of the molecule is Cc1cc(C(=O)N2CCCCC2C)ccc1NC(=O)c1ccc(N)c([N+](=O)[O-])c1. The Morgan fingerprint density at radius 1 is 1.17 bits per heavy atom. The third-order valence-corrected chi connectivity index (χ3v) is 5.27. The summed E-state index contributed by atoms with van der Waals surface area (Å²) >= 11 is 0. The fourth-order valence-corrected chi connectivity index (χ4v) is 3.54. The Morgan fingerprint density at radius 3 is 2.55 bits per heavy atom. The molecule has 0 radical (unpaired) electrons. The molecular weight excluding hydrogens is 372 g/mol. The molecule has 0 aromatic heterocycles. The lowest BCUT2D eigenvalue weighted by Gasteiger charge is -2.33. The van der Waals surface area contributed by atoms with E-state index in [1.54, 1.807) is 25.1 Å². The number of anilines is 2. The van der Waals surface area contributed by atoms with Crippen LogP contribution in [0.3, 0.4) is 0 Å². The van der Waals surface area contributed by atoms with Crippen molar-refractivity contribution >= 4 is 28.9 Å². The topological polar surface area (TPSA) is 119 Å². The van der Waals surface area contributed by atoms with Gasteiger partial charge in [-0.2, -0.15) is 0 Å². The minimum atomic E-state index is -0.626. The molecule has 1 fully saturated rings. The molecule has 2 aromatic carbocycles. The van der Waals surface area contributed by atoms with E-state index in [1.165, 1.54) is 12.1 Å². The van der Waals surface area contributed by atoms with Gasteiger partial charge >= 0.3 is 0 Å². The molecule has 1 atom stereocenters. The Balaban J connectivity index is 1.77. The van der Waals surface area contributed by atoms with Crippen molar-refractivity contribution in [3.63, 3.8) is 0 Å². The molecule has 1 unspecified atom stereocenters. The number of nitrogens with one attached hydrogen (secondary N) is 1. The second kappa shape index (κ2) is 8.30. The Morgan fingerprint density at radius 2 is 1.90 bits per heavy atom. The number of nitro groups is 1.